The molecule has 0 aliphatic carbocycles. The Labute approximate surface area is 172 Å². The van der Waals surface area contributed by atoms with Gasteiger partial charge in [0.25, 0.3) is 0 Å². The molecule has 2 aromatic rings. The van der Waals surface area contributed by atoms with Crippen LogP contribution >= 0.6 is 0 Å². The number of methoxy groups -OCH3 is 2. The molecule has 29 heavy (non-hydrogen) atoms. The van der Waals surface area contributed by atoms with E-state index in [1.807, 2.05) is 19.2 Å². The molecule has 2 aliphatic rings. The molecule has 4 rings (SSSR count). The van der Waals surface area contributed by atoms with Gasteiger partial charge in [-0.25, -0.2) is 0 Å². The van der Waals surface area contributed by atoms with Gasteiger partial charge in [0.1, 0.15) is 0 Å². The Bertz CT molecular complexity index is 956. The standard InChI is InChI=1S/C23H30N4O2/c1-22-10-11-27(3)14-23(22,24)18-13-20(29-5)19(28-4)12-17(18)21(26-22)15-6-8-16(25-2)9-7-15/h6-9,12-13,25H,10-11,14,24H2,1-5H3/t22-,23+/m0/s1. The van der Waals surface area contributed by atoms with Crippen LogP contribution in [0.25, 0.3) is 0 Å². The van der Waals surface area contributed by atoms with E-state index in [0.29, 0.717) is 11.5 Å². The van der Waals surface area contributed by atoms with E-state index in [-0.39, 0.29) is 0 Å². The van der Waals surface area contributed by atoms with Crippen LogP contribution in [0, 0.1) is 0 Å². The minimum Gasteiger partial charge on any atom is -0.493 e. The zero-order valence-electron chi connectivity index (χ0n) is 17.9. The van der Waals surface area contributed by atoms with Crippen molar-refractivity contribution in [2.45, 2.75) is 24.4 Å². The smallest absolute Gasteiger partial charge is 0.161 e. The fraction of sp³-hybridized carbons (Fsp3) is 0.435. The SMILES string of the molecule is CNc1ccc(C2=N[C@@]3(C)CCN(C)C[C@@]3(N)c3cc(OC)c(OC)cc32)cc1. The molecule has 2 aromatic carbocycles. The maximum absolute atomic E-state index is 7.15. The van der Waals surface area contributed by atoms with E-state index in [1.54, 1.807) is 14.2 Å². The van der Waals surface area contributed by atoms with Crippen LogP contribution in [0.4, 0.5) is 5.69 Å². The number of aliphatic imine (C=N–C) groups is 1. The number of piperidine rings is 1. The zero-order chi connectivity index (χ0) is 20.8. The molecule has 0 unspecified atom stereocenters. The molecule has 0 saturated carbocycles. The first-order valence-corrected chi connectivity index (χ1v) is 9.97. The van der Waals surface area contributed by atoms with Crippen LogP contribution in [0.1, 0.15) is 30.0 Å². The molecule has 2 heterocycles. The number of ether oxygens (including phenoxy) is 2. The first-order valence-electron chi connectivity index (χ1n) is 9.97. The number of fused-ring (bicyclic) bond motifs is 3. The lowest BCUT2D eigenvalue weighted by atomic mass is 9.65. The Morgan fingerprint density at radius 1 is 1.10 bits per heavy atom. The Morgan fingerprint density at radius 2 is 1.76 bits per heavy atom. The number of nitrogens with two attached hydrogens (primary N) is 1. The minimum absolute atomic E-state index is 0.400. The van der Waals surface area contributed by atoms with E-state index in [1.165, 1.54) is 0 Å². The summed E-state index contributed by atoms with van der Waals surface area (Å²) in [7, 11) is 7.35. The average molecular weight is 395 g/mol. The number of hydrogen-bond acceptors (Lipinski definition) is 6. The Balaban J connectivity index is 1.97. The van der Waals surface area contributed by atoms with Gasteiger partial charge >= 0.3 is 0 Å². The molecule has 2 atom stereocenters. The van der Waals surface area contributed by atoms with Gasteiger partial charge in [-0.15, -0.1) is 0 Å². The first-order chi connectivity index (χ1) is 13.8. The Morgan fingerprint density at radius 3 is 2.38 bits per heavy atom. The Hall–Kier alpha value is -2.57. The largest absolute Gasteiger partial charge is 0.493 e. The van der Waals surface area contributed by atoms with E-state index in [2.05, 4.69) is 48.5 Å². The first kappa shape index (κ1) is 19.7. The quantitative estimate of drug-likeness (QED) is 0.834. The lowest BCUT2D eigenvalue weighted by Crippen LogP contribution is -2.66. The van der Waals surface area contributed by atoms with Crippen LogP contribution in [-0.4, -0.2) is 57.6 Å². The molecule has 0 spiro atoms. The third kappa shape index (κ3) is 2.98. The normalized spacial score (nSPS) is 26.2. The highest BCUT2D eigenvalue weighted by molar-refractivity contribution is 6.15. The van der Waals surface area contributed by atoms with Crippen molar-refractivity contribution in [3.63, 3.8) is 0 Å². The number of rotatable bonds is 4. The van der Waals surface area contributed by atoms with Gasteiger partial charge in [-0.05, 0) is 50.2 Å². The van der Waals surface area contributed by atoms with Crippen molar-refractivity contribution in [3.8, 4) is 11.5 Å². The third-order valence-corrected chi connectivity index (χ3v) is 6.53. The number of likely N-dealkylation sites (tertiary alicyclic amines) is 1. The van der Waals surface area contributed by atoms with Crippen LogP contribution in [0.2, 0.25) is 0 Å². The van der Waals surface area contributed by atoms with Gasteiger partial charge in [-0.2, -0.15) is 0 Å². The Kier molecular flexibility index (Phi) is 4.79. The van der Waals surface area contributed by atoms with E-state index < -0.39 is 11.1 Å². The topological polar surface area (TPSA) is 72.1 Å². The summed E-state index contributed by atoms with van der Waals surface area (Å²) in [6.07, 6.45) is 0.895. The fourth-order valence-corrected chi connectivity index (χ4v) is 4.60. The lowest BCUT2D eigenvalue weighted by Gasteiger charge is -2.53. The molecular formula is C23H30N4O2. The molecule has 1 fully saturated rings. The number of nitrogens with zero attached hydrogens (tertiary/aromatic N) is 2. The molecule has 0 radical (unpaired) electrons. The molecule has 154 valence electrons. The van der Waals surface area contributed by atoms with Crippen molar-refractivity contribution in [2.24, 2.45) is 10.7 Å². The van der Waals surface area contributed by atoms with Crippen molar-refractivity contribution in [1.29, 1.82) is 0 Å². The maximum Gasteiger partial charge on any atom is 0.161 e. The van der Waals surface area contributed by atoms with Gasteiger partial charge in [-0.3, -0.25) is 4.99 Å². The minimum atomic E-state index is -0.608. The molecule has 1 saturated heterocycles. The second kappa shape index (κ2) is 7.04. The highest BCUT2D eigenvalue weighted by atomic mass is 16.5. The predicted molar refractivity (Wildman–Crippen MR) is 118 cm³/mol. The van der Waals surface area contributed by atoms with Gasteiger partial charge in [0, 0.05) is 37.0 Å². The molecule has 3 N–H and O–H groups in total. The van der Waals surface area contributed by atoms with Crippen molar-refractivity contribution >= 4 is 11.4 Å². The van der Waals surface area contributed by atoms with E-state index in [4.69, 9.17) is 20.2 Å². The molecule has 0 amide bonds. The van der Waals surface area contributed by atoms with Crippen LogP contribution in [-0.2, 0) is 5.54 Å². The summed E-state index contributed by atoms with van der Waals surface area (Å²) in [6, 6.07) is 12.4. The van der Waals surface area contributed by atoms with Crippen molar-refractivity contribution in [3.05, 3.63) is 53.1 Å². The molecule has 6 heteroatoms. The number of nitrogens with one attached hydrogen (secondary N) is 1. The number of anilines is 1. The van der Waals surface area contributed by atoms with Gasteiger partial charge in [0.15, 0.2) is 11.5 Å². The average Bonchev–Trinajstić information content (AvgIpc) is 2.74. The zero-order valence-corrected chi connectivity index (χ0v) is 17.9. The second-order valence-corrected chi connectivity index (χ2v) is 8.27. The fourth-order valence-electron chi connectivity index (χ4n) is 4.60. The lowest BCUT2D eigenvalue weighted by molar-refractivity contribution is 0.0937. The van der Waals surface area contributed by atoms with Crippen molar-refractivity contribution in [2.75, 3.05) is 46.7 Å². The molecule has 2 aliphatic heterocycles. The highest BCUT2D eigenvalue weighted by Gasteiger charge is 2.54. The molecule has 0 aromatic heterocycles. The highest BCUT2D eigenvalue weighted by Crippen LogP contribution is 2.48. The van der Waals surface area contributed by atoms with Gasteiger partial charge in [0.05, 0.1) is 31.0 Å². The predicted octanol–water partition coefficient (Wildman–Crippen LogP) is 2.84. The molecule has 6 nitrogen and oxygen atoms in total. The number of likely N-dealkylation sites (N-methyl/N-ethyl adjacent to an activating group) is 1. The summed E-state index contributed by atoms with van der Waals surface area (Å²) in [5.41, 5.74) is 11.3. The summed E-state index contributed by atoms with van der Waals surface area (Å²) in [5.74, 6) is 1.38. The van der Waals surface area contributed by atoms with Gasteiger partial charge in [-0.1, -0.05) is 12.1 Å². The number of hydrogen-bond donors (Lipinski definition) is 2. The van der Waals surface area contributed by atoms with Crippen LogP contribution in [0.15, 0.2) is 41.4 Å². The summed E-state index contributed by atoms with van der Waals surface area (Å²) in [6.45, 7) is 3.89. The van der Waals surface area contributed by atoms with Gasteiger partial charge < -0.3 is 25.4 Å². The van der Waals surface area contributed by atoms with E-state index in [0.717, 1.165) is 47.6 Å². The van der Waals surface area contributed by atoms with Gasteiger partial charge in [0.2, 0.25) is 0 Å². The molecule has 0 bridgehead atoms. The second-order valence-electron chi connectivity index (χ2n) is 8.27. The third-order valence-electron chi connectivity index (χ3n) is 6.53. The molecular weight excluding hydrogens is 364 g/mol. The van der Waals surface area contributed by atoms with E-state index >= 15 is 0 Å². The van der Waals surface area contributed by atoms with Crippen molar-refractivity contribution in [1.82, 2.24) is 4.90 Å². The monoisotopic (exact) mass is 394 g/mol. The van der Waals surface area contributed by atoms with Crippen LogP contribution in [0.3, 0.4) is 0 Å². The summed E-state index contributed by atoms with van der Waals surface area (Å²) >= 11 is 0. The maximum atomic E-state index is 7.15. The van der Waals surface area contributed by atoms with E-state index in [9.17, 15) is 0 Å². The number of benzene rings is 2. The summed E-state index contributed by atoms with van der Waals surface area (Å²) in [4.78, 5) is 7.57. The van der Waals surface area contributed by atoms with Crippen molar-refractivity contribution < 1.29 is 9.47 Å². The van der Waals surface area contributed by atoms with Crippen LogP contribution < -0.4 is 20.5 Å². The van der Waals surface area contributed by atoms with Crippen LogP contribution in [0.5, 0.6) is 11.5 Å². The summed E-state index contributed by atoms with van der Waals surface area (Å²) < 4.78 is 11.2. The summed E-state index contributed by atoms with van der Waals surface area (Å²) in [5, 5.41) is 3.17.